The molecule has 2 N–H and O–H groups in total. The topological polar surface area (TPSA) is 66.4 Å². The van der Waals surface area contributed by atoms with Crippen LogP contribution in [0, 0.1) is 6.92 Å². The van der Waals surface area contributed by atoms with Crippen LogP contribution in [-0.4, -0.2) is 17.0 Å². The van der Waals surface area contributed by atoms with Crippen LogP contribution in [0.3, 0.4) is 0 Å². The molecule has 5 heteroatoms. The van der Waals surface area contributed by atoms with Gasteiger partial charge in [0, 0.05) is 10.6 Å². The van der Waals surface area contributed by atoms with E-state index < -0.39 is 5.97 Å². The number of aryl methyl sites for hydroxylation is 1. The molecule has 2 aromatic rings. The molecule has 23 heavy (non-hydrogen) atoms. The zero-order chi connectivity index (χ0) is 17.0. The molecule has 0 aromatic heterocycles. The first-order valence-electron chi connectivity index (χ1n) is 6.96. The summed E-state index contributed by atoms with van der Waals surface area (Å²) in [5.74, 6) is -1.51. The number of aromatic carboxylic acids is 1. The molecule has 0 atom stereocenters. The fraction of sp³-hybridized carbons (Fsp3) is 0.111. The van der Waals surface area contributed by atoms with Crippen molar-refractivity contribution in [2.75, 3.05) is 5.32 Å². The molecular weight excluding hydrogens is 314 g/mol. The third kappa shape index (κ3) is 4.44. The van der Waals surface area contributed by atoms with E-state index in [1.54, 1.807) is 13.0 Å². The first kappa shape index (κ1) is 16.8. The molecule has 0 fully saturated rings. The highest BCUT2D eigenvalue weighted by Crippen LogP contribution is 2.22. The summed E-state index contributed by atoms with van der Waals surface area (Å²) in [6.07, 6.45) is 1.74. The Morgan fingerprint density at radius 2 is 1.91 bits per heavy atom. The van der Waals surface area contributed by atoms with Crippen molar-refractivity contribution in [2.24, 2.45) is 0 Å². The zero-order valence-electron chi connectivity index (χ0n) is 12.8. The van der Waals surface area contributed by atoms with E-state index in [1.807, 2.05) is 31.2 Å². The minimum atomic E-state index is -1.13. The quantitative estimate of drug-likeness (QED) is 0.817. The number of nitrogens with one attached hydrogen (secondary N) is 1. The largest absolute Gasteiger partial charge is 0.478 e. The van der Waals surface area contributed by atoms with E-state index in [0.717, 1.165) is 11.1 Å². The van der Waals surface area contributed by atoms with E-state index in [0.29, 0.717) is 10.6 Å². The van der Waals surface area contributed by atoms with Crippen molar-refractivity contribution in [3.05, 3.63) is 69.8 Å². The Morgan fingerprint density at radius 3 is 2.57 bits per heavy atom. The van der Waals surface area contributed by atoms with E-state index in [1.165, 1.54) is 18.2 Å². The summed E-state index contributed by atoms with van der Waals surface area (Å²) in [6.45, 7) is 3.64. The number of benzene rings is 2. The van der Waals surface area contributed by atoms with Gasteiger partial charge in [0.1, 0.15) is 0 Å². The lowest BCUT2D eigenvalue weighted by atomic mass is 10.1. The van der Waals surface area contributed by atoms with E-state index in [4.69, 9.17) is 16.7 Å². The number of anilines is 1. The predicted molar refractivity (Wildman–Crippen MR) is 91.9 cm³/mol. The minimum absolute atomic E-state index is 0.00824. The van der Waals surface area contributed by atoms with Crippen LogP contribution in [0.2, 0.25) is 5.02 Å². The van der Waals surface area contributed by atoms with Crippen molar-refractivity contribution >= 4 is 35.2 Å². The van der Waals surface area contributed by atoms with Gasteiger partial charge < -0.3 is 10.4 Å². The Labute approximate surface area is 139 Å². The molecule has 118 valence electrons. The van der Waals surface area contributed by atoms with E-state index >= 15 is 0 Å². The maximum atomic E-state index is 12.3. The molecule has 0 aliphatic carbocycles. The Morgan fingerprint density at radius 1 is 1.17 bits per heavy atom. The number of halogens is 1. The van der Waals surface area contributed by atoms with Crippen molar-refractivity contribution in [1.82, 2.24) is 0 Å². The molecule has 1 amide bonds. The summed E-state index contributed by atoms with van der Waals surface area (Å²) < 4.78 is 0. The van der Waals surface area contributed by atoms with Gasteiger partial charge in [-0.15, -0.1) is 0 Å². The van der Waals surface area contributed by atoms with Crippen LogP contribution in [0.5, 0.6) is 0 Å². The smallest absolute Gasteiger partial charge is 0.337 e. The number of amides is 1. The first-order chi connectivity index (χ1) is 10.9. The summed E-state index contributed by atoms with van der Waals surface area (Å²) in [5.41, 5.74) is 2.63. The molecular formula is C18H16ClNO3. The van der Waals surface area contributed by atoms with Gasteiger partial charge in [-0.05, 0) is 43.7 Å². The number of hydrogen-bond donors (Lipinski definition) is 2. The van der Waals surface area contributed by atoms with E-state index in [-0.39, 0.29) is 17.2 Å². The number of carboxylic acids is 1. The molecule has 0 radical (unpaired) electrons. The lowest BCUT2D eigenvalue weighted by Crippen LogP contribution is -2.15. The number of hydrogen-bond acceptors (Lipinski definition) is 2. The van der Waals surface area contributed by atoms with Gasteiger partial charge in [0.15, 0.2) is 0 Å². The molecule has 2 aromatic carbocycles. The summed E-state index contributed by atoms with van der Waals surface area (Å²) in [7, 11) is 0. The van der Waals surface area contributed by atoms with Crippen LogP contribution in [0.4, 0.5) is 5.69 Å². The zero-order valence-corrected chi connectivity index (χ0v) is 13.5. The Balaban J connectivity index is 2.25. The first-order valence-corrected chi connectivity index (χ1v) is 7.34. The summed E-state index contributed by atoms with van der Waals surface area (Å²) in [5, 5.41) is 12.1. The van der Waals surface area contributed by atoms with Crippen molar-refractivity contribution in [1.29, 1.82) is 0 Å². The van der Waals surface area contributed by atoms with Gasteiger partial charge in [-0.1, -0.05) is 41.4 Å². The van der Waals surface area contributed by atoms with Gasteiger partial charge in [-0.2, -0.15) is 0 Å². The fourth-order valence-electron chi connectivity index (χ4n) is 2.10. The lowest BCUT2D eigenvalue weighted by molar-refractivity contribution is -0.112. The molecule has 0 spiro atoms. The molecule has 0 aliphatic heterocycles. The molecule has 0 saturated heterocycles. The van der Waals surface area contributed by atoms with Gasteiger partial charge in [0.25, 0.3) is 5.91 Å². The number of carbonyl (C=O) groups is 2. The highest BCUT2D eigenvalue weighted by Gasteiger charge is 2.14. The second kappa shape index (κ2) is 7.11. The highest BCUT2D eigenvalue weighted by molar-refractivity contribution is 6.31. The van der Waals surface area contributed by atoms with Crippen molar-refractivity contribution < 1.29 is 14.7 Å². The molecule has 4 nitrogen and oxygen atoms in total. The van der Waals surface area contributed by atoms with Gasteiger partial charge in [-0.25, -0.2) is 4.79 Å². The van der Waals surface area contributed by atoms with Crippen LogP contribution in [-0.2, 0) is 4.79 Å². The number of carboxylic acid groups (broad SMARTS) is 1. The van der Waals surface area contributed by atoms with Gasteiger partial charge >= 0.3 is 5.97 Å². The fourth-order valence-corrected chi connectivity index (χ4v) is 2.27. The number of carbonyl (C=O) groups excluding carboxylic acids is 1. The second-order valence-corrected chi connectivity index (χ2v) is 5.63. The van der Waals surface area contributed by atoms with E-state index in [2.05, 4.69) is 5.32 Å². The Bertz CT molecular complexity index is 797. The third-order valence-electron chi connectivity index (χ3n) is 3.24. The standard InChI is InChI=1S/C18H16ClNO3/c1-11-4-3-5-13(8-11)9-12(2)17(21)20-16-10-14(19)6-7-15(16)18(22)23/h3-10H,1-2H3,(H,20,21)(H,22,23). The highest BCUT2D eigenvalue weighted by atomic mass is 35.5. The molecule has 0 saturated carbocycles. The van der Waals surface area contributed by atoms with Crippen molar-refractivity contribution in [3.8, 4) is 0 Å². The molecule has 0 aliphatic rings. The van der Waals surface area contributed by atoms with Crippen LogP contribution >= 0.6 is 11.6 Å². The maximum Gasteiger partial charge on any atom is 0.337 e. The van der Waals surface area contributed by atoms with Crippen molar-refractivity contribution in [3.63, 3.8) is 0 Å². The SMILES string of the molecule is CC(=Cc1cccc(C)c1)C(=O)Nc1cc(Cl)ccc1C(=O)O. The van der Waals surface area contributed by atoms with Crippen LogP contribution in [0.25, 0.3) is 6.08 Å². The minimum Gasteiger partial charge on any atom is -0.478 e. The maximum absolute atomic E-state index is 12.3. The second-order valence-electron chi connectivity index (χ2n) is 5.19. The summed E-state index contributed by atoms with van der Waals surface area (Å²) in [4.78, 5) is 23.5. The molecule has 0 heterocycles. The Kier molecular flexibility index (Phi) is 5.19. The van der Waals surface area contributed by atoms with Gasteiger partial charge in [0.2, 0.25) is 0 Å². The van der Waals surface area contributed by atoms with Gasteiger partial charge in [0.05, 0.1) is 11.3 Å². The third-order valence-corrected chi connectivity index (χ3v) is 3.48. The van der Waals surface area contributed by atoms with Crippen molar-refractivity contribution in [2.45, 2.75) is 13.8 Å². The molecule has 0 bridgehead atoms. The molecule has 2 rings (SSSR count). The summed E-state index contributed by atoms with van der Waals surface area (Å²) >= 11 is 5.87. The van der Waals surface area contributed by atoms with Crippen LogP contribution in [0.1, 0.15) is 28.4 Å². The average molecular weight is 330 g/mol. The van der Waals surface area contributed by atoms with Crippen LogP contribution < -0.4 is 5.32 Å². The normalized spacial score (nSPS) is 11.2. The monoisotopic (exact) mass is 329 g/mol. The average Bonchev–Trinajstić information content (AvgIpc) is 2.46. The Hall–Kier alpha value is -2.59. The lowest BCUT2D eigenvalue weighted by Gasteiger charge is -2.09. The molecule has 0 unspecified atom stereocenters. The number of rotatable bonds is 4. The van der Waals surface area contributed by atoms with E-state index in [9.17, 15) is 9.59 Å². The van der Waals surface area contributed by atoms with Gasteiger partial charge in [-0.3, -0.25) is 4.79 Å². The van der Waals surface area contributed by atoms with Crippen LogP contribution in [0.15, 0.2) is 48.0 Å². The summed E-state index contributed by atoms with van der Waals surface area (Å²) in [6, 6.07) is 12.0. The predicted octanol–water partition coefficient (Wildman–Crippen LogP) is 4.39.